The molecule has 4 nitrogen and oxygen atoms in total. The van der Waals surface area contributed by atoms with E-state index in [0.29, 0.717) is 13.2 Å². The van der Waals surface area contributed by atoms with Gasteiger partial charge in [-0.15, -0.1) is 0 Å². The van der Waals surface area contributed by atoms with Crippen LogP contribution in [0.4, 0.5) is 4.79 Å². The van der Waals surface area contributed by atoms with Gasteiger partial charge in [0.05, 0.1) is 13.2 Å². The average molecular weight is 346 g/mol. The molecule has 1 N–H and O–H groups in total. The van der Waals surface area contributed by atoms with Crippen molar-refractivity contribution >= 4 is 23.5 Å². The predicted octanol–water partition coefficient (Wildman–Crippen LogP) is 5.74. The highest BCUT2D eigenvalue weighted by molar-refractivity contribution is 7.80. The highest BCUT2D eigenvalue weighted by atomic mass is 32.1. The van der Waals surface area contributed by atoms with Gasteiger partial charge < -0.3 is 9.47 Å². The molecule has 23 heavy (non-hydrogen) atoms. The van der Waals surface area contributed by atoms with E-state index < -0.39 is 6.09 Å². The van der Waals surface area contributed by atoms with Gasteiger partial charge in [0.2, 0.25) is 0 Å². The third-order valence-corrected chi connectivity index (χ3v) is 3.89. The lowest BCUT2D eigenvalue weighted by molar-refractivity contribution is 0.146. The molecule has 0 unspecified atom stereocenters. The summed E-state index contributed by atoms with van der Waals surface area (Å²) in [5, 5.41) is 2.57. The molecule has 0 aromatic carbocycles. The van der Waals surface area contributed by atoms with Crippen molar-refractivity contribution in [3.8, 4) is 0 Å². The van der Waals surface area contributed by atoms with E-state index in [-0.39, 0.29) is 5.17 Å². The van der Waals surface area contributed by atoms with E-state index in [1.807, 2.05) is 0 Å². The van der Waals surface area contributed by atoms with Gasteiger partial charge in [-0.25, -0.2) is 4.79 Å². The van der Waals surface area contributed by atoms with Gasteiger partial charge in [0.25, 0.3) is 5.17 Å². The number of alkyl carbamates (subject to hydrolysis) is 1. The summed E-state index contributed by atoms with van der Waals surface area (Å²) < 4.78 is 10.4. The Labute approximate surface area is 147 Å². The van der Waals surface area contributed by atoms with Crippen molar-refractivity contribution in [1.29, 1.82) is 0 Å². The van der Waals surface area contributed by atoms with Crippen LogP contribution in [0.15, 0.2) is 0 Å². The number of rotatable bonds is 14. The molecule has 0 bridgehead atoms. The van der Waals surface area contributed by atoms with E-state index >= 15 is 0 Å². The second kappa shape index (κ2) is 17.5. The second-order valence-electron chi connectivity index (χ2n) is 5.93. The fourth-order valence-electron chi connectivity index (χ4n) is 2.25. The smallest absolute Gasteiger partial charge is 0.414 e. The number of ether oxygens (including phenoxy) is 2. The maximum absolute atomic E-state index is 11.5. The lowest BCUT2D eigenvalue weighted by Crippen LogP contribution is -2.31. The number of carbonyl (C=O) groups excluding carboxylic acids is 1. The van der Waals surface area contributed by atoms with Crippen LogP contribution in [0.25, 0.3) is 0 Å². The number of nitrogens with one attached hydrogen (secondary N) is 1. The maximum Gasteiger partial charge on any atom is 0.414 e. The first kappa shape index (κ1) is 22.2. The van der Waals surface area contributed by atoms with E-state index in [1.54, 1.807) is 0 Å². The number of hydrogen-bond donors (Lipinski definition) is 1. The molecule has 0 aliphatic rings. The van der Waals surface area contributed by atoms with Crippen LogP contribution in [-0.2, 0) is 9.47 Å². The SMILES string of the molecule is CCCCCCCCOC(=O)NC(=S)OCCCCCCCC. The molecule has 0 aromatic rings. The molecule has 0 saturated carbocycles. The third-order valence-electron chi connectivity index (χ3n) is 3.67. The maximum atomic E-state index is 11.5. The second-order valence-corrected chi connectivity index (χ2v) is 6.30. The Morgan fingerprint density at radius 2 is 1.17 bits per heavy atom. The number of carbonyl (C=O) groups is 1. The van der Waals surface area contributed by atoms with E-state index in [0.717, 1.165) is 25.7 Å². The number of unbranched alkanes of at least 4 members (excludes halogenated alkanes) is 10. The molecule has 0 rings (SSSR count). The third kappa shape index (κ3) is 17.3. The van der Waals surface area contributed by atoms with Gasteiger partial charge in [0, 0.05) is 0 Å². The van der Waals surface area contributed by atoms with Crippen molar-refractivity contribution in [1.82, 2.24) is 5.32 Å². The molecule has 0 atom stereocenters. The minimum absolute atomic E-state index is 0.117. The Kier molecular flexibility index (Phi) is 16.9. The predicted molar refractivity (Wildman–Crippen MR) is 99.8 cm³/mol. The van der Waals surface area contributed by atoms with Crippen LogP contribution in [0.3, 0.4) is 0 Å². The van der Waals surface area contributed by atoms with Gasteiger partial charge in [0.1, 0.15) is 0 Å². The summed E-state index contributed by atoms with van der Waals surface area (Å²) in [6.07, 6.45) is 13.7. The standard InChI is InChI=1S/C18H35NO3S/c1-3-5-7-9-11-13-15-21-17(20)19-18(23)22-16-14-12-10-8-6-4-2/h3-16H2,1-2H3,(H,19,20,23). The lowest BCUT2D eigenvalue weighted by atomic mass is 10.1. The van der Waals surface area contributed by atoms with Crippen molar-refractivity contribution in [2.24, 2.45) is 0 Å². The van der Waals surface area contributed by atoms with Crippen LogP contribution >= 0.6 is 12.2 Å². The first-order valence-electron chi connectivity index (χ1n) is 9.31. The van der Waals surface area contributed by atoms with E-state index in [2.05, 4.69) is 19.2 Å². The Morgan fingerprint density at radius 1 is 0.739 bits per heavy atom. The van der Waals surface area contributed by atoms with Crippen molar-refractivity contribution in [3.63, 3.8) is 0 Å². The Hall–Kier alpha value is -0.840. The Bertz CT molecular complexity index is 270. The molecule has 0 spiro atoms. The Morgan fingerprint density at radius 3 is 1.70 bits per heavy atom. The van der Waals surface area contributed by atoms with Crippen LogP contribution in [0.2, 0.25) is 0 Å². The first-order chi connectivity index (χ1) is 11.2. The van der Waals surface area contributed by atoms with Crippen molar-refractivity contribution in [2.45, 2.75) is 90.9 Å². The first-order valence-corrected chi connectivity index (χ1v) is 9.72. The zero-order valence-electron chi connectivity index (χ0n) is 15.0. The summed E-state index contributed by atoms with van der Waals surface area (Å²) in [7, 11) is 0. The molecule has 0 radical (unpaired) electrons. The molecular formula is C18H35NO3S. The molecule has 0 aliphatic heterocycles. The van der Waals surface area contributed by atoms with Gasteiger partial charge in [-0.05, 0) is 25.1 Å². The van der Waals surface area contributed by atoms with Gasteiger partial charge in [-0.3, -0.25) is 5.32 Å². The topological polar surface area (TPSA) is 47.6 Å². The molecule has 0 fully saturated rings. The van der Waals surface area contributed by atoms with Gasteiger partial charge >= 0.3 is 6.09 Å². The highest BCUT2D eigenvalue weighted by Gasteiger charge is 2.06. The molecule has 0 aliphatic carbocycles. The summed E-state index contributed by atoms with van der Waals surface area (Å²) >= 11 is 4.97. The van der Waals surface area contributed by atoms with Crippen LogP contribution in [-0.4, -0.2) is 24.5 Å². The molecule has 0 aromatic heterocycles. The molecule has 0 saturated heterocycles. The molecular weight excluding hydrogens is 310 g/mol. The zero-order valence-corrected chi connectivity index (χ0v) is 15.8. The normalized spacial score (nSPS) is 10.3. The van der Waals surface area contributed by atoms with Crippen LogP contribution < -0.4 is 5.32 Å². The fraction of sp³-hybridized carbons (Fsp3) is 0.889. The fourth-order valence-corrected chi connectivity index (χ4v) is 2.42. The van der Waals surface area contributed by atoms with E-state index in [4.69, 9.17) is 21.7 Å². The highest BCUT2D eigenvalue weighted by Crippen LogP contribution is 2.06. The summed E-state index contributed by atoms with van der Waals surface area (Å²) in [5.74, 6) is 0. The largest absolute Gasteiger partial charge is 0.471 e. The summed E-state index contributed by atoms with van der Waals surface area (Å²) in [6, 6.07) is 0. The minimum atomic E-state index is -0.508. The monoisotopic (exact) mass is 345 g/mol. The average Bonchev–Trinajstić information content (AvgIpc) is 2.53. The quantitative estimate of drug-likeness (QED) is 0.322. The number of thiocarbonyl (C=S) groups is 1. The summed E-state index contributed by atoms with van der Waals surface area (Å²) in [4.78, 5) is 11.5. The summed E-state index contributed by atoms with van der Waals surface area (Å²) in [5.41, 5.74) is 0. The molecule has 1 amide bonds. The van der Waals surface area contributed by atoms with Crippen LogP contribution in [0.1, 0.15) is 90.9 Å². The number of hydrogen-bond acceptors (Lipinski definition) is 4. The van der Waals surface area contributed by atoms with Crippen LogP contribution in [0.5, 0.6) is 0 Å². The van der Waals surface area contributed by atoms with Gasteiger partial charge in [0.15, 0.2) is 0 Å². The lowest BCUT2D eigenvalue weighted by Gasteiger charge is -2.09. The van der Waals surface area contributed by atoms with E-state index in [1.165, 1.54) is 51.4 Å². The zero-order chi connectivity index (χ0) is 17.2. The molecule has 136 valence electrons. The Balaban J connectivity index is 3.36. The summed E-state index contributed by atoms with van der Waals surface area (Å²) in [6.45, 7) is 5.41. The molecule has 5 heteroatoms. The van der Waals surface area contributed by atoms with Gasteiger partial charge in [-0.2, -0.15) is 0 Å². The van der Waals surface area contributed by atoms with Crippen molar-refractivity contribution in [2.75, 3.05) is 13.2 Å². The molecule has 0 heterocycles. The minimum Gasteiger partial charge on any atom is -0.471 e. The van der Waals surface area contributed by atoms with E-state index in [9.17, 15) is 4.79 Å². The van der Waals surface area contributed by atoms with Crippen molar-refractivity contribution in [3.05, 3.63) is 0 Å². The van der Waals surface area contributed by atoms with Crippen molar-refractivity contribution < 1.29 is 14.3 Å². The van der Waals surface area contributed by atoms with Gasteiger partial charge in [-0.1, -0.05) is 78.1 Å². The number of amides is 1. The van der Waals surface area contributed by atoms with Crippen LogP contribution in [0, 0.1) is 0 Å².